The molecule has 0 saturated carbocycles. The number of hydrogen-bond donors (Lipinski definition) is 11. The van der Waals surface area contributed by atoms with Gasteiger partial charge in [-0.3, -0.25) is 93.2 Å². The normalized spacial score (nSPS) is 16.0. The van der Waals surface area contributed by atoms with E-state index in [1.54, 1.807) is 6.92 Å². The molecule has 15 amide bonds. The van der Waals surface area contributed by atoms with Crippen LogP contribution in [0, 0.1) is 34.3 Å². The predicted molar refractivity (Wildman–Crippen MR) is 473 cm³/mol. The summed E-state index contributed by atoms with van der Waals surface area (Å²) in [6.07, 6.45) is -1.16. The molecule has 137 heavy (non-hydrogen) atoms. The van der Waals surface area contributed by atoms with Crippen LogP contribution in [0.25, 0.3) is 0 Å². The molecule has 5 aromatic heterocycles. The molecule has 10 heterocycles. The summed E-state index contributed by atoms with van der Waals surface area (Å²) in [5.41, 5.74) is 3.51. The van der Waals surface area contributed by atoms with Crippen molar-refractivity contribution in [2.75, 3.05) is 123 Å². The molecule has 0 radical (unpaired) electrons. The average Bonchev–Trinajstić information content (AvgIpc) is 1.64. The number of aromatic amines is 1. The third-order valence-electron chi connectivity index (χ3n) is 19.3. The quantitative estimate of drug-likeness (QED) is 0.00667. The van der Waals surface area contributed by atoms with Gasteiger partial charge in [-0.1, -0.05) is 22.7 Å². The van der Waals surface area contributed by atoms with Crippen LogP contribution in [0.2, 0.25) is 5.15 Å². The maximum absolute atomic E-state index is 14.7. The van der Waals surface area contributed by atoms with Crippen molar-refractivity contribution in [1.82, 2.24) is 62.2 Å². The first-order valence-corrected chi connectivity index (χ1v) is 42.6. The van der Waals surface area contributed by atoms with Crippen molar-refractivity contribution in [2.45, 2.75) is 72.1 Å². The number of pyridine rings is 2. The van der Waals surface area contributed by atoms with E-state index in [1.165, 1.54) is 190 Å². The Morgan fingerprint density at radius 2 is 0.803 bits per heavy atom. The topological polar surface area (TPSA) is 574 Å². The first-order valence-electron chi connectivity index (χ1n) is 40.5. The van der Waals surface area contributed by atoms with Crippen LogP contribution >= 0.6 is 34.3 Å². The number of cyclic esters (lactones) is 5. The molecule has 46 nitrogen and oxygen atoms in total. The van der Waals surface area contributed by atoms with Crippen molar-refractivity contribution in [3.8, 4) is 0 Å². The largest absolute Gasteiger partial charge is 0.618 e. The van der Waals surface area contributed by atoms with E-state index in [0.717, 1.165) is 52.6 Å². The van der Waals surface area contributed by atoms with Gasteiger partial charge in [-0.25, -0.2) is 51.0 Å². The summed E-state index contributed by atoms with van der Waals surface area (Å²) in [6, 6.07) is 24.6. The molecule has 54 heteroatoms. The summed E-state index contributed by atoms with van der Waals surface area (Å²) in [4.78, 5) is 187. The smallest absolute Gasteiger partial charge is 0.414 e. The number of hydrogen-bond acceptors (Lipinski definition) is 30. The number of benzene rings is 5. The standard InChI is InChI=1S/C18H16ClFN4O5.C18H17FN4O5.C17H18FN5O4S.C15H15FN6O4.C15H14FN5O4S/c1-10(25)21-7-13-9-23(18(27)29-13)12-3-4-14(15(20)6-12)17(26)22-11-2-5-16(19)24(28)8-11;1-11(24)20-8-14-10-23(18(26)28-14)13-4-5-15(16(19)7-13)17(25)21-12-3-2-6-22(27)9-12;1-3-22(16-21-20-9-28-16)15(25)13-5-4-11(6-14(13)18)23-8-12(27-17(23)26)7-19-10(2)24;1-8(23)17-5-10-6-22(15(25)26-10)9-2-3-11(12(16)4-9)13(24)20-14-18-7-19-21-14;1-8(22)17-5-10-6-21(15(24)25-10)9-2-3-11(12(16)4-9)13(23)19-14-20-18-7-26-14/h2-6,8,13H,7,9H2,1H3,(H,21,25)(H,22,26);2-7,9,14H,8,10H2,1H3,(H2-,20,21,24,25,27);4-6,9,12H,3,7-8H2,1-2H3,(H,19,24);2-4,7,10H,5-6H2,1H3,(H,17,23)(H2,18,19,20,21,24);2-4,7,10H,5-6H2,1H3,(H,17,22)(H,19,20,23)/p+1/t13-;14-;12-;2*10-/m00000/s1. The molecular weight excluding hydrogens is 1880 g/mol. The van der Waals surface area contributed by atoms with E-state index in [4.69, 9.17) is 35.3 Å². The zero-order valence-corrected chi connectivity index (χ0v) is 74.9. The van der Waals surface area contributed by atoms with Crippen LogP contribution in [0.5, 0.6) is 0 Å². The number of nitrogens with one attached hydrogen (secondary N) is 10. The number of carbonyl (C=O) groups excluding carboxylic acids is 15. The Balaban J connectivity index is 0.000000164. The number of amides is 15. The van der Waals surface area contributed by atoms with Gasteiger partial charge in [0.1, 0.15) is 88.3 Å². The van der Waals surface area contributed by atoms with Gasteiger partial charge in [0.25, 0.3) is 34.7 Å². The van der Waals surface area contributed by atoms with Gasteiger partial charge in [-0.05, 0) is 122 Å². The van der Waals surface area contributed by atoms with Crippen LogP contribution in [0.3, 0.4) is 0 Å². The second kappa shape index (κ2) is 46.6. The second-order valence-electron chi connectivity index (χ2n) is 29.3. The highest BCUT2D eigenvalue weighted by Gasteiger charge is 2.39. The van der Waals surface area contributed by atoms with Crippen molar-refractivity contribution in [1.29, 1.82) is 0 Å². The molecule has 5 fully saturated rings. The summed E-state index contributed by atoms with van der Waals surface area (Å²) in [5, 5.41) is 64.5. The predicted octanol–water partition coefficient (Wildman–Crippen LogP) is 6.74. The van der Waals surface area contributed by atoms with Crippen LogP contribution in [0.15, 0.2) is 151 Å². The molecular formula is C83H81ClF5N24O22S2+. The third kappa shape index (κ3) is 27.7. The van der Waals surface area contributed by atoms with Gasteiger partial charge < -0.3 is 66.1 Å². The zero-order chi connectivity index (χ0) is 99.0. The molecule has 10 aromatic rings. The molecule has 0 spiro atoms. The minimum atomic E-state index is -0.859. The molecule has 718 valence electrons. The number of H-pyrrole nitrogens is 1. The lowest BCUT2D eigenvalue weighted by molar-refractivity contribution is -0.904. The highest BCUT2D eigenvalue weighted by atomic mass is 35.5. The fourth-order valence-corrected chi connectivity index (χ4v) is 14.0. The Hall–Kier alpha value is -16.8. The highest BCUT2D eigenvalue weighted by Crippen LogP contribution is 2.32. The monoisotopic (exact) mass is 1960 g/mol. The first kappa shape index (κ1) is 101. The summed E-state index contributed by atoms with van der Waals surface area (Å²) >= 11 is 7.89. The lowest BCUT2D eigenvalue weighted by atomic mass is 10.1. The molecule has 5 aliphatic rings. The first-order chi connectivity index (χ1) is 65.3. The van der Waals surface area contributed by atoms with E-state index in [1.807, 2.05) is 0 Å². The van der Waals surface area contributed by atoms with E-state index in [0.29, 0.717) is 16.4 Å². The van der Waals surface area contributed by atoms with Crippen LogP contribution in [-0.4, -0.2) is 233 Å². The minimum absolute atomic E-state index is 0.0761. The molecule has 5 saturated heterocycles. The Bertz CT molecular complexity index is 6070. The molecule has 0 unspecified atom stereocenters. The molecule has 5 aromatic carbocycles. The molecule has 5 aliphatic heterocycles. The molecule has 11 N–H and O–H groups in total. The minimum Gasteiger partial charge on any atom is -0.618 e. The van der Waals surface area contributed by atoms with E-state index < -0.39 is 120 Å². The Morgan fingerprint density at radius 3 is 1.10 bits per heavy atom. The zero-order valence-electron chi connectivity index (χ0n) is 72.5. The summed E-state index contributed by atoms with van der Waals surface area (Å²) < 4.78 is 99.0. The number of aromatic nitrogens is 9. The summed E-state index contributed by atoms with van der Waals surface area (Å²) in [5.74, 6) is -8.58. The molecule has 5 atom stereocenters. The number of carbonyl (C=O) groups is 15. The summed E-state index contributed by atoms with van der Waals surface area (Å²) in [7, 11) is 0. The number of nitrogens with zero attached hydrogens (tertiary/aromatic N) is 14. The maximum atomic E-state index is 14.7. The van der Waals surface area contributed by atoms with Gasteiger partial charge in [0, 0.05) is 58.0 Å². The fourth-order valence-electron chi connectivity index (χ4n) is 12.9. The number of halogens is 6. The Morgan fingerprint density at radius 1 is 0.467 bits per heavy atom. The number of rotatable bonds is 26. The SMILES string of the molecule is CC(=O)NC[C@H]1CN(c2ccc(C(=O)Nc3ccc(Cl)[n+]([O-])c3)c(F)c2)C(=O)O1.CC(=O)NC[C@H]1CN(c2ccc(C(=O)Nc3ccc[n+](O)c3)c(F)c2)C(=O)O1.CC(=O)NC[C@H]1CN(c2ccc(C(=O)Nc3ncn[nH]3)c(F)c2)C(=O)O1.CC(=O)NC[C@H]1CN(c2ccc(C(=O)Nc3nncs3)c(F)c2)C(=O)O1.CCN(C(=O)c1ccc(N2C[C@H](CNC(C)=O)OC2=O)cc1F)c1nncs1. The van der Waals surface area contributed by atoms with Crippen LogP contribution in [-0.2, 0) is 47.7 Å². The van der Waals surface area contributed by atoms with Gasteiger partial charge >= 0.3 is 30.5 Å². The van der Waals surface area contributed by atoms with Gasteiger partial charge in [0.05, 0.1) is 122 Å². The maximum Gasteiger partial charge on any atom is 0.414 e. The van der Waals surface area contributed by atoms with E-state index in [-0.39, 0.29) is 179 Å². The molecule has 0 aliphatic carbocycles. The van der Waals surface area contributed by atoms with Crippen LogP contribution < -0.4 is 86.7 Å². The van der Waals surface area contributed by atoms with Gasteiger partial charge in [0.15, 0.2) is 0 Å². The highest BCUT2D eigenvalue weighted by molar-refractivity contribution is 7.13. The lowest BCUT2D eigenvalue weighted by Gasteiger charge is -2.19. The average molecular weight is 1960 g/mol. The van der Waals surface area contributed by atoms with Gasteiger partial charge in [-0.2, -0.15) is 14.8 Å². The van der Waals surface area contributed by atoms with Crippen molar-refractivity contribution in [3.63, 3.8) is 0 Å². The van der Waals surface area contributed by atoms with Crippen molar-refractivity contribution < 1.29 is 132 Å². The summed E-state index contributed by atoms with van der Waals surface area (Å²) in [6.45, 7) is 10.4. The van der Waals surface area contributed by atoms with Gasteiger partial charge in [-0.15, -0.1) is 20.4 Å². The Kier molecular flexibility index (Phi) is 34.3. The van der Waals surface area contributed by atoms with Crippen molar-refractivity contribution in [3.05, 3.63) is 218 Å². The van der Waals surface area contributed by atoms with E-state index in [2.05, 4.69) is 83.4 Å². The van der Waals surface area contributed by atoms with Crippen molar-refractivity contribution in [2.24, 2.45) is 0 Å². The molecule has 0 bridgehead atoms. The van der Waals surface area contributed by atoms with Crippen LogP contribution in [0.4, 0.5) is 102 Å². The van der Waals surface area contributed by atoms with Gasteiger partial charge in [0.2, 0.25) is 64.3 Å². The Labute approximate surface area is 783 Å². The fraction of sp³-hybridized carbons (Fsp3) is 0.265. The lowest BCUT2D eigenvalue weighted by Crippen LogP contribution is -2.33. The third-order valence-corrected chi connectivity index (χ3v) is 20.9. The van der Waals surface area contributed by atoms with Crippen LogP contribution in [0.1, 0.15) is 93.3 Å². The van der Waals surface area contributed by atoms with Crippen molar-refractivity contribution >= 4 is 180 Å². The second-order valence-corrected chi connectivity index (χ2v) is 31.3. The number of ether oxygens (including phenoxy) is 5. The van der Waals surface area contributed by atoms with E-state index in [9.17, 15) is 104 Å². The number of anilines is 10. The van der Waals surface area contributed by atoms with E-state index >= 15 is 0 Å². The molecule has 15 rings (SSSR count).